The smallest absolute Gasteiger partial charge is 0.144 e. The fraction of sp³-hybridized carbons (Fsp3) is 0.143. The molecule has 0 aliphatic heterocycles. The molecule has 0 fully saturated rings. The molecule has 0 atom stereocenters. The minimum absolute atomic E-state index is 0.0341. The Balaban J connectivity index is 2.87. The SMILES string of the molecule is O=[SH](=O)Cc1c[c]cc(Cl)c1. The van der Waals surface area contributed by atoms with E-state index in [1.165, 1.54) is 0 Å². The van der Waals surface area contributed by atoms with Gasteiger partial charge < -0.3 is 0 Å². The van der Waals surface area contributed by atoms with Gasteiger partial charge in [0.1, 0.15) is 10.7 Å². The van der Waals surface area contributed by atoms with Crippen molar-refractivity contribution >= 4 is 22.3 Å². The van der Waals surface area contributed by atoms with E-state index in [-0.39, 0.29) is 5.75 Å². The second-order valence-electron chi connectivity index (χ2n) is 2.05. The van der Waals surface area contributed by atoms with Gasteiger partial charge in [-0.05, 0) is 23.8 Å². The molecule has 11 heavy (non-hydrogen) atoms. The number of benzene rings is 1. The molecule has 0 N–H and O–H groups in total. The molecule has 0 saturated carbocycles. The Bertz CT molecular complexity index is 312. The lowest BCUT2D eigenvalue weighted by Gasteiger charge is -1.93. The van der Waals surface area contributed by atoms with Gasteiger partial charge in [0.05, 0.1) is 5.75 Å². The van der Waals surface area contributed by atoms with Crippen LogP contribution in [0.5, 0.6) is 0 Å². The Morgan fingerprint density at radius 1 is 1.45 bits per heavy atom. The van der Waals surface area contributed by atoms with Crippen molar-refractivity contribution in [1.82, 2.24) is 0 Å². The molecular weight excluding hydrogens is 184 g/mol. The van der Waals surface area contributed by atoms with Gasteiger partial charge in [0.2, 0.25) is 0 Å². The summed E-state index contributed by atoms with van der Waals surface area (Å²) in [5, 5.41) is 0.513. The zero-order valence-electron chi connectivity index (χ0n) is 5.58. The number of hydrogen-bond donors (Lipinski definition) is 1. The van der Waals surface area contributed by atoms with Crippen LogP contribution in [-0.2, 0) is 16.5 Å². The normalized spacial score (nSPS) is 10.4. The molecule has 1 aromatic rings. The van der Waals surface area contributed by atoms with Gasteiger partial charge in [-0.15, -0.1) is 0 Å². The summed E-state index contributed by atoms with van der Waals surface area (Å²) in [5.74, 6) is 0.0341. The molecule has 0 spiro atoms. The third kappa shape index (κ3) is 2.91. The van der Waals surface area contributed by atoms with Crippen LogP contribution in [0.25, 0.3) is 0 Å². The molecule has 0 saturated heterocycles. The first kappa shape index (κ1) is 8.56. The van der Waals surface area contributed by atoms with Crippen LogP contribution in [0, 0.1) is 6.07 Å². The Morgan fingerprint density at radius 3 is 2.73 bits per heavy atom. The van der Waals surface area contributed by atoms with Gasteiger partial charge in [-0.1, -0.05) is 17.7 Å². The molecule has 0 aliphatic carbocycles. The molecule has 2 nitrogen and oxygen atoms in total. The van der Waals surface area contributed by atoms with Gasteiger partial charge in [0.25, 0.3) is 0 Å². The molecule has 0 unspecified atom stereocenters. The first-order valence-electron chi connectivity index (χ1n) is 2.96. The van der Waals surface area contributed by atoms with Crippen molar-refractivity contribution in [3.63, 3.8) is 0 Å². The highest BCUT2D eigenvalue weighted by molar-refractivity contribution is 7.71. The van der Waals surface area contributed by atoms with E-state index in [9.17, 15) is 8.42 Å². The fourth-order valence-corrected chi connectivity index (χ4v) is 1.41. The van der Waals surface area contributed by atoms with E-state index in [4.69, 9.17) is 11.6 Å². The maximum Gasteiger partial charge on any atom is 0.144 e. The lowest BCUT2D eigenvalue weighted by atomic mass is 10.2. The van der Waals surface area contributed by atoms with Crippen molar-refractivity contribution in [3.05, 3.63) is 34.9 Å². The minimum Gasteiger partial charge on any atom is -0.232 e. The van der Waals surface area contributed by atoms with Crippen LogP contribution >= 0.6 is 11.6 Å². The summed E-state index contributed by atoms with van der Waals surface area (Å²) < 4.78 is 20.5. The molecule has 1 aromatic carbocycles. The predicted molar refractivity (Wildman–Crippen MR) is 44.3 cm³/mol. The highest BCUT2D eigenvalue weighted by Gasteiger charge is 1.94. The van der Waals surface area contributed by atoms with Gasteiger partial charge >= 0.3 is 0 Å². The van der Waals surface area contributed by atoms with E-state index in [1.54, 1.807) is 18.2 Å². The third-order valence-electron chi connectivity index (χ3n) is 1.12. The summed E-state index contributed by atoms with van der Waals surface area (Å²) in [7, 11) is -2.37. The quantitative estimate of drug-likeness (QED) is 0.711. The molecule has 0 bridgehead atoms. The van der Waals surface area contributed by atoms with Gasteiger partial charge in [-0.3, -0.25) is 0 Å². The van der Waals surface area contributed by atoms with Crippen LogP contribution in [0.1, 0.15) is 5.56 Å². The molecule has 0 heterocycles. The van der Waals surface area contributed by atoms with Crippen molar-refractivity contribution in [3.8, 4) is 0 Å². The lowest BCUT2D eigenvalue weighted by molar-refractivity contribution is 0.614. The minimum atomic E-state index is -2.37. The first-order chi connectivity index (χ1) is 5.18. The van der Waals surface area contributed by atoms with Crippen LogP contribution in [0.3, 0.4) is 0 Å². The molecule has 4 heteroatoms. The highest BCUT2D eigenvalue weighted by atomic mass is 35.5. The van der Waals surface area contributed by atoms with E-state index >= 15 is 0 Å². The van der Waals surface area contributed by atoms with Crippen molar-refractivity contribution in [2.45, 2.75) is 5.75 Å². The van der Waals surface area contributed by atoms with E-state index in [1.807, 2.05) is 0 Å². The Kier molecular flexibility index (Phi) is 2.91. The van der Waals surface area contributed by atoms with Gasteiger partial charge in [-0.25, -0.2) is 8.42 Å². The zero-order valence-corrected chi connectivity index (χ0v) is 7.23. The molecule has 1 radical (unpaired) electrons. The van der Waals surface area contributed by atoms with Gasteiger partial charge in [0.15, 0.2) is 0 Å². The summed E-state index contributed by atoms with van der Waals surface area (Å²) in [4.78, 5) is 0. The second kappa shape index (κ2) is 3.74. The monoisotopic (exact) mass is 189 g/mol. The Morgan fingerprint density at radius 2 is 2.18 bits per heavy atom. The van der Waals surface area contributed by atoms with Crippen molar-refractivity contribution in [1.29, 1.82) is 0 Å². The number of thiol groups is 1. The van der Waals surface area contributed by atoms with Crippen molar-refractivity contribution < 1.29 is 8.42 Å². The van der Waals surface area contributed by atoms with Crippen LogP contribution in [-0.4, -0.2) is 8.42 Å². The average Bonchev–Trinajstić information content (AvgIpc) is 1.85. The van der Waals surface area contributed by atoms with Crippen LogP contribution in [0.4, 0.5) is 0 Å². The fourth-order valence-electron chi connectivity index (χ4n) is 0.729. The number of halogens is 1. The van der Waals surface area contributed by atoms with Gasteiger partial charge in [-0.2, -0.15) is 0 Å². The standard InChI is InChI=1S/C7H6ClO2S/c8-7-3-1-2-6(4-7)5-11(9)10/h2-4,11H,5H2. The average molecular weight is 190 g/mol. The third-order valence-corrected chi connectivity index (χ3v) is 1.97. The maximum atomic E-state index is 10.3. The van der Waals surface area contributed by atoms with E-state index in [0.717, 1.165) is 0 Å². The van der Waals surface area contributed by atoms with E-state index in [0.29, 0.717) is 10.6 Å². The van der Waals surface area contributed by atoms with E-state index in [2.05, 4.69) is 6.07 Å². The molecule has 0 amide bonds. The zero-order chi connectivity index (χ0) is 8.27. The summed E-state index contributed by atoms with van der Waals surface area (Å²) in [5.41, 5.74) is 0.675. The van der Waals surface area contributed by atoms with Gasteiger partial charge in [0, 0.05) is 5.02 Å². The van der Waals surface area contributed by atoms with Crippen molar-refractivity contribution in [2.24, 2.45) is 0 Å². The van der Waals surface area contributed by atoms with Crippen molar-refractivity contribution in [2.75, 3.05) is 0 Å². The summed E-state index contributed by atoms with van der Waals surface area (Å²) in [6, 6.07) is 7.54. The molecule has 0 aliphatic rings. The highest BCUT2D eigenvalue weighted by Crippen LogP contribution is 2.10. The predicted octanol–water partition coefficient (Wildman–Crippen LogP) is 1.25. The molecule has 0 aromatic heterocycles. The summed E-state index contributed by atoms with van der Waals surface area (Å²) in [6.07, 6.45) is 0. The molecule has 1 rings (SSSR count). The van der Waals surface area contributed by atoms with Crippen LogP contribution in [0.15, 0.2) is 18.2 Å². The molecule has 59 valence electrons. The Hall–Kier alpha value is -0.540. The van der Waals surface area contributed by atoms with Crippen LogP contribution < -0.4 is 0 Å². The maximum absolute atomic E-state index is 10.3. The van der Waals surface area contributed by atoms with Crippen LogP contribution in [0.2, 0.25) is 5.02 Å². The first-order valence-corrected chi connectivity index (χ1v) is 4.70. The summed E-state index contributed by atoms with van der Waals surface area (Å²) in [6.45, 7) is 0. The molecular formula is C7H6ClO2S. The lowest BCUT2D eigenvalue weighted by Crippen LogP contribution is -1.85. The van der Waals surface area contributed by atoms with E-state index < -0.39 is 10.7 Å². The second-order valence-corrected chi connectivity index (χ2v) is 3.47. The number of hydrogen-bond acceptors (Lipinski definition) is 2. The Labute approximate surface area is 71.8 Å². The topological polar surface area (TPSA) is 34.1 Å². The largest absolute Gasteiger partial charge is 0.232 e. The number of rotatable bonds is 2. The summed E-state index contributed by atoms with van der Waals surface area (Å²) >= 11 is 5.60.